The Morgan fingerprint density at radius 3 is 2.65 bits per heavy atom. The fraction of sp³-hybridized carbons (Fsp3) is 0.400. The molecule has 8 heteroatoms. The van der Waals surface area contributed by atoms with Gasteiger partial charge in [-0.05, 0) is 25.0 Å². The Bertz CT molecular complexity index is 728. The second-order valence-electron chi connectivity index (χ2n) is 5.45. The first-order chi connectivity index (χ1) is 11.0. The van der Waals surface area contributed by atoms with Crippen LogP contribution in [0.25, 0.3) is 10.6 Å². The molecule has 2 unspecified atom stereocenters. The topological polar surface area (TPSA) is 82.1 Å². The lowest BCUT2D eigenvalue weighted by Crippen LogP contribution is -2.42. The van der Waals surface area contributed by atoms with Crippen LogP contribution >= 0.6 is 34.3 Å². The number of rotatable bonds is 4. The van der Waals surface area contributed by atoms with Gasteiger partial charge in [0.15, 0.2) is 5.13 Å². The van der Waals surface area contributed by atoms with E-state index in [0.717, 1.165) is 23.4 Å². The zero-order valence-corrected chi connectivity index (χ0v) is 14.5. The standard InChI is InChI=1S/C15H15ClN2O3S2/c16-12-6-5-11(23-12)10-7-22-15(17-10)18-13(19)8-3-1-2-4-9(8)14(20)21/h5-9H,1-4H2,(H,20,21)(H,17,18,19)/p-1. The fourth-order valence-corrected chi connectivity index (χ4v) is 4.61. The second-order valence-corrected chi connectivity index (χ2v) is 8.02. The van der Waals surface area contributed by atoms with Gasteiger partial charge >= 0.3 is 0 Å². The number of thiazole rings is 1. The molecule has 1 aliphatic rings. The number of thiophene rings is 1. The average molecular weight is 370 g/mol. The number of hydrogen-bond donors (Lipinski definition) is 1. The fourth-order valence-electron chi connectivity index (χ4n) is 2.82. The van der Waals surface area contributed by atoms with E-state index in [1.807, 2.05) is 11.4 Å². The van der Waals surface area contributed by atoms with Crippen molar-refractivity contribution >= 4 is 51.3 Å². The van der Waals surface area contributed by atoms with E-state index < -0.39 is 17.8 Å². The van der Waals surface area contributed by atoms with Crippen molar-refractivity contribution < 1.29 is 14.7 Å². The van der Waals surface area contributed by atoms with Crippen LogP contribution < -0.4 is 10.4 Å². The number of aromatic nitrogens is 1. The maximum atomic E-state index is 12.4. The van der Waals surface area contributed by atoms with Gasteiger partial charge in [0.1, 0.15) is 0 Å². The van der Waals surface area contributed by atoms with E-state index in [1.165, 1.54) is 22.7 Å². The molecular weight excluding hydrogens is 356 g/mol. The molecule has 2 heterocycles. The summed E-state index contributed by atoms with van der Waals surface area (Å²) in [6, 6.07) is 3.67. The molecule has 1 aliphatic carbocycles. The number of anilines is 1. The van der Waals surface area contributed by atoms with Crippen LogP contribution in [0.15, 0.2) is 17.5 Å². The van der Waals surface area contributed by atoms with E-state index in [9.17, 15) is 14.7 Å². The zero-order chi connectivity index (χ0) is 16.4. The minimum atomic E-state index is -1.14. The molecule has 0 aromatic carbocycles. The van der Waals surface area contributed by atoms with Crippen molar-refractivity contribution in [1.29, 1.82) is 0 Å². The summed E-state index contributed by atoms with van der Waals surface area (Å²) in [5.74, 6) is -2.68. The van der Waals surface area contributed by atoms with Crippen molar-refractivity contribution in [3.05, 3.63) is 21.8 Å². The third-order valence-electron chi connectivity index (χ3n) is 3.97. The number of carbonyl (C=O) groups excluding carboxylic acids is 2. The van der Waals surface area contributed by atoms with Crippen LogP contribution in [-0.2, 0) is 9.59 Å². The third kappa shape index (κ3) is 3.73. The predicted molar refractivity (Wildman–Crippen MR) is 89.5 cm³/mol. The van der Waals surface area contributed by atoms with Gasteiger partial charge in [-0.3, -0.25) is 4.79 Å². The molecule has 0 radical (unpaired) electrons. The largest absolute Gasteiger partial charge is 0.550 e. The van der Waals surface area contributed by atoms with Crippen LogP contribution in [-0.4, -0.2) is 16.9 Å². The molecule has 0 aliphatic heterocycles. The number of carboxylic acids is 1. The maximum absolute atomic E-state index is 12.4. The van der Waals surface area contributed by atoms with Crippen LogP contribution in [0.3, 0.4) is 0 Å². The SMILES string of the molecule is O=C([O-])C1CCCCC1C(=O)Nc1nc(-c2ccc(Cl)s2)cs1. The molecule has 23 heavy (non-hydrogen) atoms. The highest BCUT2D eigenvalue weighted by Gasteiger charge is 2.32. The summed E-state index contributed by atoms with van der Waals surface area (Å²) >= 11 is 8.64. The molecule has 1 amide bonds. The molecule has 1 saturated carbocycles. The lowest BCUT2D eigenvalue weighted by Gasteiger charge is -2.30. The second kappa shape index (κ2) is 6.98. The van der Waals surface area contributed by atoms with Gasteiger partial charge < -0.3 is 15.2 Å². The molecule has 5 nitrogen and oxygen atoms in total. The van der Waals surface area contributed by atoms with Crippen molar-refractivity contribution in [2.24, 2.45) is 11.8 Å². The van der Waals surface area contributed by atoms with Crippen molar-refractivity contribution in [2.45, 2.75) is 25.7 Å². The van der Waals surface area contributed by atoms with Crippen LogP contribution in [0.2, 0.25) is 4.34 Å². The van der Waals surface area contributed by atoms with Crippen molar-refractivity contribution in [3.8, 4) is 10.6 Å². The number of nitrogens with zero attached hydrogens (tertiary/aromatic N) is 1. The molecule has 1 fully saturated rings. The highest BCUT2D eigenvalue weighted by molar-refractivity contribution is 7.20. The number of halogens is 1. The summed E-state index contributed by atoms with van der Waals surface area (Å²) in [4.78, 5) is 28.9. The average Bonchev–Trinajstić information content (AvgIpc) is 3.16. The van der Waals surface area contributed by atoms with E-state index in [1.54, 1.807) is 6.07 Å². The number of carbonyl (C=O) groups is 2. The minimum absolute atomic E-state index is 0.288. The summed E-state index contributed by atoms with van der Waals surface area (Å²) in [6.07, 6.45) is 2.75. The van der Waals surface area contributed by atoms with Crippen LogP contribution in [0.5, 0.6) is 0 Å². The first-order valence-corrected chi connectivity index (χ1v) is 9.35. The molecule has 2 aromatic heterocycles. The number of hydrogen-bond acceptors (Lipinski definition) is 6. The first kappa shape index (κ1) is 16.4. The summed E-state index contributed by atoms with van der Waals surface area (Å²) in [5.41, 5.74) is 0.752. The van der Waals surface area contributed by atoms with Crippen LogP contribution in [0.1, 0.15) is 25.7 Å². The Morgan fingerprint density at radius 1 is 1.26 bits per heavy atom. The van der Waals surface area contributed by atoms with Gasteiger partial charge in [0, 0.05) is 23.2 Å². The highest BCUT2D eigenvalue weighted by Crippen LogP contribution is 2.34. The van der Waals surface area contributed by atoms with Crippen molar-refractivity contribution in [3.63, 3.8) is 0 Å². The van der Waals surface area contributed by atoms with E-state index >= 15 is 0 Å². The molecule has 0 saturated heterocycles. The molecule has 3 rings (SSSR count). The number of amides is 1. The molecule has 1 N–H and O–H groups in total. The normalized spacial score (nSPS) is 21.1. The van der Waals surface area contributed by atoms with Gasteiger partial charge in [0.25, 0.3) is 0 Å². The summed E-state index contributed by atoms with van der Waals surface area (Å²) < 4.78 is 0.678. The van der Waals surface area contributed by atoms with Crippen molar-refractivity contribution in [2.75, 3.05) is 5.32 Å². The third-order valence-corrected chi connectivity index (χ3v) is 5.98. The Kier molecular flexibility index (Phi) is 4.99. The molecule has 0 spiro atoms. The summed E-state index contributed by atoms with van der Waals surface area (Å²) in [6.45, 7) is 0. The predicted octanol–water partition coefficient (Wildman–Crippen LogP) is 3.02. The Morgan fingerprint density at radius 2 is 2.00 bits per heavy atom. The van der Waals surface area contributed by atoms with E-state index in [0.29, 0.717) is 22.3 Å². The number of nitrogens with one attached hydrogen (secondary N) is 1. The smallest absolute Gasteiger partial charge is 0.229 e. The Labute approximate surface area is 146 Å². The number of aliphatic carboxylic acids is 1. The van der Waals surface area contributed by atoms with Gasteiger partial charge in [-0.15, -0.1) is 22.7 Å². The molecule has 2 atom stereocenters. The molecule has 2 aromatic rings. The molecule has 122 valence electrons. The monoisotopic (exact) mass is 369 g/mol. The van der Waals surface area contributed by atoms with E-state index in [4.69, 9.17) is 11.6 Å². The van der Waals surface area contributed by atoms with Gasteiger partial charge in [0.05, 0.1) is 14.9 Å². The van der Waals surface area contributed by atoms with Gasteiger partial charge in [-0.1, -0.05) is 24.4 Å². The maximum Gasteiger partial charge on any atom is 0.229 e. The molecular formula is C15H14ClN2O3S2-. The Balaban J connectivity index is 1.70. The number of carboxylic acid groups (broad SMARTS) is 1. The zero-order valence-electron chi connectivity index (χ0n) is 12.1. The van der Waals surface area contributed by atoms with E-state index in [2.05, 4.69) is 10.3 Å². The van der Waals surface area contributed by atoms with E-state index in [-0.39, 0.29) is 5.91 Å². The van der Waals surface area contributed by atoms with Crippen molar-refractivity contribution in [1.82, 2.24) is 4.98 Å². The summed E-state index contributed by atoms with van der Waals surface area (Å²) in [5, 5.41) is 16.3. The van der Waals surface area contributed by atoms with Gasteiger partial charge in [0.2, 0.25) is 5.91 Å². The lowest BCUT2D eigenvalue weighted by atomic mass is 9.79. The van der Waals surface area contributed by atoms with Gasteiger partial charge in [-0.2, -0.15) is 0 Å². The minimum Gasteiger partial charge on any atom is -0.550 e. The quantitative estimate of drug-likeness (QED) is 0.898. The summed E-state index contributed by atoms with van der Waals surface area (Å²) in [7, 11) is 0. The van der Waals surface area contributed by atoms with Crippen LogP contribution in [0.4, 0.5) is 5.13 Å². The lowest BCUT2D eigenvalue weighted by molar-refractivity contribution is -0.313. The van der Waals surface area contributed by atoms with Crippen LogP contribution in [0, 0.1) is 11.8 Å². The molecule has 0 bridgehead atoms. The van der Waals surface area contributed by atoms with Gasteiger partial charge in [-0.25, -0.2) is 4.98 Å². The Hall–Kier alpha value is -1.44. The first-order valence-electron chi connectivity index (χ1n) is 7.27. The highest BCUT2D eigenvalue weighted by atomic mass is 35.5.